The number of carbonyl (C=O) groups is 1. The van der Waals surface area contributed by atoms with Gasteiger partial charge >= 0.3 is 7.12 Å². The maximum atomic E-state index is 12.2. The van der Waals surface area contributed by atoms with Crippen LogP contribution in [-0.2, 0) is 11.2 Å². The Kier molecular flexibility index (Phi) is 14.4. The number of piperazine rings is 2. The molecule has 3 aromatic heterocycles. The average molecular weight is 850 g/mol. The average Bonchev–Trinajstić information content (AvgIpc) is 3.25. The van der Waals surface area contributed by atoms with Crippen LogP contribution in [0.3, 0.4) is 0 Å². The summed E-state index contributed by atoms with van der Waals surface area (Å²) in [4.78, 5) is 39.2. The lowest BCUT2D eigenvalue weighted by molar-refractivity contribution is -0.107. The first-order valence-electron chi connectivity index (χ1n) is 21.3. The predicted molar refractivity (Wildman–Crippen MR) is 248 cm³/mol. The van der Waals surface area contributed by atoms with Gasteiger partial charge in [-0.2, -0.15) is 0 Å². The second kappa shape index (κ2) is 19.3. The topological polar surface area (TPSA) is 154 Å². The van der Waals surface area contributed by atoms with Crippen molar-refractivity contribution in [1.29, 1.82) is 0 Å². The zero-order chi connectivity index (χ0) is 44.9. The minimum absolute atomic E-state index is 0.0502. The number of pyridine rings is 3. The fourth-order valence-electron chi connectivity index (χ4n) is 8.33. The van der Waals surface area contributed by atoms with Crippen LogP contribution in [0.5, 0.6) is 17.5 Å². The molecule has 6 rings (SSSR count). The molecule has 0 spiro atoms. The summed E-state index contributed by atoms with van der Waals surface area (Å²) in [5.41, 5.74) is 6.78. The summed E-state index contributed by atoms with van der Waals surface area (Å²) in [6.07, 6.45) is 8.89. The Labute approximate surface area is 367 Å². The smallest absolute Gasteiger partial charge is 0.490 e. The van der Waals surface area contributed by atoms with Gasteiger partial charge in [-0.1, -0.05) is 6.07 Å². The predicted octanol–water partition coefficient (Wildman–Crippen LogP) is 4.37. The third-order valence-corrected chi connectivity index (χ3v) is 12.2. The largest absolute Gasteiger partial charge is 0.505 e. The maximum absolute atomic E-state index is 12.2. The summed E-state index contributed by atoms with van der Waals surface area (Å²) in [7, 11) is 5.38. The normalized spacial score (nSPS) is 15.5. The molecule has 5 heterocycles. The van der Waals surface area contributed by atoms with Gasteiger partial charge in [-0.05, 0) is 95.8 Å². The van der Waals surface area contributed by atoms with E-state index in [1.54, 1.807) is 37.6 Å². The van der Waals surface area contributed by atoms with E-state index in [9.17, 15) is 19.9 Å². The quantitative estimate of drug-likeness (QED) is 0.115. The zero-order valence-electron chi connectivity index (χ0n) is 38.1. The molecule has 2 aliphatic heterocycles. The molecule has 1 amide bonds. The molecule has 16 heteroatoms. The van der Waals surface area contributed by atoms with E-state index in [-0.39, 0.29) is 16.8 Å². The highest BCUT2D eigenvalue weighted by Gasteiger charge is 2.32. The number of anilines is 3. The molecule has 0 aliphatic carbocycles. The molecule has 2 saturated heterocycles. The number of hydrogen-bond donors (Lipinski definition) is 3. The Bertz CT molecular complexity index is 2210. The standard InChI is InChI=1S/C46H64BN9O6/c1-32-25-33(11-12-38(32)54(31-57)16-15-51(7)8)37-28-36(13-14-46(5,6)56-23-19-53(20-24-56)40-27-35(47(59)60)30-49-44(40)62-10)50-41(42(37)58)34-26-39(43(61-9)48-29-34)52-17-21-55(22-18-52)45(2,3)4/h11-12,15-16,25-31,58-60H,13-14,17-24H2,1-10H3/b16-15-. The van der Waals surface area contributed by atoms with Gasteiger partial charge in [0.25, 0.3) is 0 Å². The van der Waals surface area contributed by atoms with E-state index in [0.717, 1.165) is 86.0 Å². The Morgan fingerprint density at radius 2 is 1.39 bits per heavy atom. The third kappa shape index (κ3) is 10.4. The third-order valence-electron chi connectivity index (χ3n) is 12.2. The van der Waals surface area contributed by atoms with Crippen molar-refractivity contribution in [2.24, 2.45) is 0 Å². The van der Waals surface area contributed by atoms with Gasteiger partial charge in [0.2, 0.25) is 18.2 Å². The molecule has 0 atom stereocenters. The van der Waals surface area contributed by atoms with E-state index in [0.29, 0.717) is 53.6 Å². The van der Waals surface area contributed by atoms with Crippen LogP contribution < -0.4 is 29.6 Å². The van der Waals surface area contributed by atoms with E-state index < -0.39 is 7.12 Å². The van der Waals surface area contributed by atoms with Crippen LogP contribution >= 0.6 is 0 Å². The van der Waals surface area contributed by atoms with Crippen molar-refractivity contribution in [2.45, 2.75) is 65.5 Å². The second-order valence-electron chi connectivity index (χ2n) is 18.0. The van der Waals surface area contributed by atoms with Crippen molar-refractivity contribution < 1.29 is 29.4 Å². The van der Waals surface area contributed by atoms with Crippen LogP contribution in [0.4, 0.5) is 17.1 Å². The van der Waals surface area contributed by atoms with Gasteiger partial charge in [0.1, 0.15) is 17.1 Å². The van der Waals surface area contributed by atoms with Crippen LogP contribution in [0.15, 0.2) is 61.2 Å². The molecule has 2 aliphatic rings. The lowest BCUT2D eigenvalue weighted by Crippen LogP contribution is -2.55. The number of aromatic hydroxyl groups is 1. The van der Waals surface area contributed by atoms with Crippen LogP contribution in [-0.4, -0.2) is 150 Å². The number of benzene rings is 1. The van der Waals surface area contributed by atoms with E-state index in [1.165, 1.54) is 6.20 Å². The number of methoxy groups -OCH3 is 2. The van der Waals surface area contributed by atoms with Crippen molar-refractivity contribution in [3.05, 3.63) is 72.4 Å². The number of hydrogen-bond acceptors (Lipinski definition) is 14. The Hall–Kier alpha value is -5.42. The van der Waals surface area contributed by atoms with Crippen LogP contribution in [0.2, 0.25) is 0 Å². The van der Waals surface area contributed by atoms with Gasteiger partial charge in [-0.15, -0.1) is 0 Å². The molecule has 2 fully saturated rings. The molecule has 0 bridgehead atoms. The van der Waals surface area contributed by atoms with E-state index in [1.807, 2.05) is 62.5 Å². The number of nitrogens with zero attached hydrogens (tertiary/aromatic N) is 9. The lowest BCUT2D eigenvalue weighted by Gasteiger charge is -2.45. The van der Waals surface area contributed by atoms with Crippen molar-refractivity contribution in [1.82, 2.24) is 29.7 Å². The van der Waals surface area contributed by atoms with Crippen LogP contribution in [0, 0.1) is 6.92 Å². The van der Waals surface area contributed by atoms with Crippen molar-refractivity contribution >= 4 is 36.1 Å². The van der Waals surface area contributed by atoms with Crippen LogP contribution in [0.25, 0.3) is 22.4 Å². The molecule has 1 aromatic carbocycles. The molecule has 15 nitrogen and oxygen atoms in total. The second-order valence-corrected chi connectivity index (χ2v) is 18.0. The highest BCUT2D eigenvalue weighted by Crippen LogP contribution is 2.42. The summed E-state index contributed by atoms with van der Waals surface area (Å²) < 4.78 is 11.3. The number of carbonyl (C=O) groups excluding carboxylic acids is 1. The Balaban J connectivity index is 1.32. The first-order valence-corrected chi connectivity index (χ1v) is 21.3. The minimum Gasteiger partial charge on any atom is -0.505 e. The Morgan fingerprint density at radius 1 is 0.790 bits per heavy atom. The molecule has 3 N–H and O–H groups in total. The van der Waals surface area contributed by atoms with Crippen molar-refractivity contribution in [2.75, 3.05) is 95.4 Å². The van der Waals surface area contributed by atoms with Crippen molar-refractivity contribution in [3.63, 3.8) is 0 Å². The highest BCUT2D eigenvalue weighted by molar-refractivity contribution is 6.58. The molecule has 0 saturated carbocycles. The summed E-state index contributed by atoms with van der Waals surface area (Å²) in [6.45, 7) is 19.6. The van der Waals surface area contributed by atoms with Crippen molar-refractivity contribution in [3.8, 4) is 39.9 Å². The van der Waals surface area contributed by atoms with E-state index in [2.05, 4.69) is 59.2 Å². The maximum Gasteiger partial charge on any atom is 0.490 e. The molecule has 0 unspecified atom stereocenters. The van der Waals surface area contributed by atoms with Gasteiger partial charge < -0.3 is 39.3 Å². The number of aryl methyl sites for hydroxylation is 2. The summed E-state index contributed by atoms with van der Waals surface area (Å²) in [6, 6.07) is 11.6. The molecule has 332 valence electrons. The zero-order valence-corrected chi connectivity index (χ0v) is 38.1. The number of amides is 1. The van der Waals surface area contributed by atoms with Gasteiger partial charge in [0, 0.05) is 125 Å². The molecule has 4 aromatic rings. The number of rotatable bonds is 15. The molecular formula is C46H64BN9O6. The Morgan fingerprint density at radius 3 is 1.94 bits per heavy atom. The van der Waals surface area contributed by atoms with Gasteiger partial charge in [-0.3, -0.25) is 19.5 Å². The summed E-state index contributed by atoms with van der Waals surface area (Å²) >= 11 is 0. The van der Waals surface area contributed by atoms with Gasteiger partial charge in [0.15, 0.2) is 0 Å². The number of ether oxygens (including phenoxy) is 2. The van der Waals surface area contributed by atoms with Gasteiger partial charge in [-0.25, -0.2) is 15.0 Å². The first-order chi connectivity index (χ1) is 29.4. The first kappa shape index (κ1) is 46.1. The van der Waals surface area contributed by atoms with Gasteiger partial charge in [0.05, 0.1) is 25.6 Å². The molecular weight excluding hydrogens is 785 g/mol. The fourth-order valence-corrected chi connectivity index (χ4v) is 8.33. The number of aromatic nitrogens is 3. The lowest BCUT2D eigenvalue weighted by atomic mass is 9.81. The SMILES string of the molecule is COc1ncc(-c2nc(CCC(C)(C)N3CCN(c4cc(B(O)O)cnc4OC)CC3)cc(-c3ccc(N(C=O)/C=C\N(C)C)c(C)c3)c2O)cc1N1CCN(C(C)(C)C)CC1. The molecule has 0 radical (unpaired) electrons. The van der Waals surface area contributed by atoms with E-state index >= 15 is 0 Å². The monoisotopic (exact) mass is 850 g/mol. The van der Waals surface area contributed by atoms with Crippen LogP contribution in [0.1, 0.15) is 52.3 Å². The summed E-state index contributed by atoms with van der Waals surface area (Å²) in [5, 5.41) is 31.8. The minimum atomic E-state index is -1.62. The highest BCUT2D eigenvalue weighted by atomic mass is 16.5. The molecule has 62 heavy (non-hydrogen) atoms. The van der Waals surface area contributed by atoms with E-state index in [4.69, 9.17) is 19.4 Å². The fraction of sp³-hybridized carbons (Fsp3) is 0.478. The summed E-state index contributed by atoms with van der Waals surface area (Å²) in [5.74, 6) is 1.02.